The van der Waals surface area contributed by atoms with Crippen molar-refractivity contribution in [3.8, 4) is 5.75 Å². The van der Waals surface area contributed by atoms with Crippen LogP contribution in [0.15, 0.2) is 24.3 Å². The van der Waals surface area contributed by atoms with Gasteiger partial charge in [0.1, 0.15) is 11.6 Å². The normalized spacial score (nSPS) is 18.1. The first-order valence-corrected chi connectivity index (χ1v) is 9.79. The Morgan fingerprint density at radius 3 is 2.47 bits per heavy atom. The fourth-order valence-electron chi connectivity index (χ4n) is 3.60. The first kappa shape index (κ1) is 20.3. The van der Waals surface area contributed by atoms with Gasteiger partial charge in [-0.15, -0.1) is 0 Å². The predicted octanol–water partition coefficient (Wildman–Crippen LogP) is 4.47. The molecule has 5 nitrogen and oxygen atoms in total. The van der Waals surface area contributed by atoms with E-state index in [2.05, 4.69) is 5.32 Å². The van der Waals surface area contributed by atoms with E-state index in [0.717, 1.165) is 31.0 Å². The summed E-state index contributed by atoms with van der Waals surface area (Å²) in [5.74, 6) is -2.87. The zero-order valence-corrected chi connectivity index (χ0v) is 16.6. The van der Waals surface area contributed by atoms with Crippen molar-refractivity contribution >= 4 is 23.2 Å². The molecule has 1 fully saturated rings. The highest BCUT2D eigenvalue weighted by Gasteiger charge is 2.35. The van der Waals surface area contributed by atoms with E-state index in [1.165, 1.54) is 17.9 Å². The van der Waals surface area contributed by atoms with Gasteiger partial charge in [-0.25, -0.2) is 13.2 Å². The average molecular weight is 418 g/mol. The highest BCUT2D eigenvalue weighted by atomic mass is 19.1. The summed E-state index contributed by atoms with van der Waals surface area (Å²) in [5, 5.41) is 2.61. The maximum absolute atomic E-state index is 15.3. The van der Waals surface area contributed by atoms with Gasteiger partial charge in [-0.3, -0.25) is 9.59 Å². The Labute approximate surface area is 171 Å². The van der Waals surface area contributed by atoms with Crippen molar-refractivity contribution in [3.05, 3.63) is 52.8 Å². The summed E-state index contributed by atoms with van der Waals surface area (Å²) in [6.45, 7) is 2.92. The van der Waals surface area contributed by atoms with Gasteiger partial charge in [-0.05, 0) is 61.9 Å². The minimum absolute atomic E-state index is 0.0118. The second-order valence-electron chi connectivity index (χ2n) is 7.89. The van der Waals surface area contributed by atoms with E-state index in [4.69, 9.17) is 4.74 Å². The van der Waals surface area contributed by atoms with Crippen molar-refractivity contribution < 1.29 is 27.5 Å². The number of fused-ring (bicyclic) bond motifs is 1. The van der Waals surface area contributed by atoms with E-state index in [1.54, 1.807) is 6.92 Å². The van der Waals surface area contributed by atoms with E-state index < -0.39 is 29.5 Å². The van der Waals surface area contributed by atoms with E-state index >= 15 is 4.39 Å². The molecule has 2 aromatic rings. The lowest BCUT2D eigenvalue weighted by Crippen LogP contribution is -2.44. The van der Waals surface area contributed by atoms with E-state index in [9.17, 15) is 18.4 Å². The first-order valence-electron chi connectivity index (χ1n) is 9.79. The van der Waals surface area contributed by atoms with Crippen molar-refractivity contribution in [2.45, 2.75) is 45.8 Å². The summed E-state index contributed by atoms with van der Waals surface area (Å²) in [7, 11) is 0. The Morgan fingerprint density at radius 2 is 1.83 bits per heavy atom. The largest absolute Gasteiger partial charge is 0.476 e. The summed E-state index contributed by atoms with van der Waals surface area (Å²) in [6.07, 6.45) is 1.33. The zero-order valence-electron chi connectivity index (χ0n) is 16.6. The summed E-state index contributed by atoms with van der Waals surface area (Å²) in [5.41, 5.74) is 0.799. The quantitative estimate of drug-likeness (QED) is 0.780. The third-order valence-corrected chi connectivity index (χ3v) is 5.30. The maximum Gasteiger partial charge on any atom is 0.268 e. The number of ether oxygens (including phenoxy) is 1. The van der Waals surface area contributed by atoms with Crippen LogP contribution < -0.4 is 15.0 Å². The lowest BCUT2D eigenvalue weighted by Gasteiger charge is -2.34. The third-order valence-electron chi connectivity index (χ3n) is 5.30. The molecular formula is C22H21F3N2O3. The molecule has 2 amide bonds. The van der Waals surface area contributed by atoms with E-state index in [1.807, 2.05) is 0 Å². The molecule has 1 aliphatic carbocycles. The van der Waals surface area contributed by atoms with Crippen LogP contribution in [0.5, 0.6) is 5.75 Å². The van der Waals surface area contributed by atoms with Crippen LogP contribution in [0.2, 0.25) is 0 Å². The Hall–Kier alpha value is -3.03. The lowest BCUT2D eigenvalue weighted by atomic mass is 10.1. The molecule has 8 heteroatoms. The van der Waals surface area contributed by atoms with Gasteiger partial charge in [0.05, 0.1) is 17.9 Å². The summed E-state index contributed by atoms with van der Waals surface area (Å²) in [6, 6.07) is 4.50. The number of rotatable bonds is 5. The molecule has 4 rings (SSSR count). The average Bonchev–Trinajstić information content (AvgIpc) is 3.47. The molecule has 1 saturated carbocycles. The summed E-state index contributed by atoms with van der Waals surface area (Å²) < 4.78 is 47.9. The molecule has 1 heterocycles. The molecule has 0 radical (unpaired) electrons. The highest BCUT2D eigenvalue weighted by Crippen LogP contribution is 2.42. The number of aryl methyl sites for hydroxylation is 1. The summed E-state index contributed by atoms with van der Waals surface area (Å²) >= 11 is 0. The fraction of sp³-hybridized carbons (Fsp3) is 0.364. The molecule has 0 aromatic heterocycles. The number of carbonyl (C=O) groups is 2. The van der Waals surface area contributed by atoms with Crippen molar-refractivity contribution in [1.82, 2.24) is 0 Å². The van der Waals surface area contributed by atoms with Crippen LogP contribution in [0.1, 0.15) is 37.3 Å². The van der Waals surface area contributed by atoms with E-state index in [-0.39, 0.29) is 35.1 Å². The molecule has 0 saturated heterocycles. The number of hydrogen-bond donors (Lipinski definition) is 1. The topological polar surface area (TPSA) is 58.6 Å². The number of anilines is 2. The minimum Gasteiger partial charge on any atom is -0.476 e. The van der Waals surface area contributed by atoms with Crippen molar-refractivity contribution in [3.63, 3.8) is 0 Å². The Bertz CT molecular complexity index is 1020. The van der Waals surface area contributed by atoms with Gasteiger partial charge < -0.3 is 15.0 Å². The highest BCUT2D eigenvalue weighted by molar-refractivity contribution is 6.01. The van der Waals surface area contributed by atoms with Crippen LogP contribution >= 0.6 is 0 Å². The van der Waals surface area contributed by atoms with Gasteiger partial charge in [0, 0.05) is 12.5 Å². The Morgan fingerprint density at radius 1 is 1.17 bits per heavy atom. The molecule has 0 spiro atoms. The minimum atomic E-state index is -0.997. The molecule has 30 heavy (non-hydrogen) atoms. The number of nitrogens with zero attached hydrogens (tertiary/aromatic N) is 1. The molecule has 2 aliphatic rings. The molecule has 1 atom stereocenters. The first-order chi connectivity index (χ1) is 14.2. The van der Waals surface area contributed by atoms with Gasteiger partial charge in [-0.1, -0.05) is 0 Å². The monoisotopic (exact) mass is 418 g/mol. The van der Waals surface area contributed by atoms with Crippen LogP contribution in [-0.4, -0.2) is 17.9 Å². The molecule has 0 bridgehead atoms. The van der Waals surface area contributed by atoms with Crippen molar-refractivity contribution in [1.29, 1.82) is 0 Å². The van der Waals surface area contributed by atoms with Crippen LogP contribution in [0, 0.1) is 30.3 Å². The van der Waals surface area contributed by atoms with Gasteiger partial charge >= 0.3 is 0 Å². The van der Waals surface area contributed by atoms with Crippen LogP contribution in [-0.2, 0) is 16.1 Å². The van der Waals surface area contributed by atoms with Crippen molar-refractivity contribution in [2.24, 2.45) is 5.92 Å². The number of amides is 2. The van der Waals surface area contributed by atoms with Crippen molar-refractivity contribution in [2.75, 3.05) is 10.2 Å². The zero-order chi connectivity index (χ0) is 21.6. The standard InChI is InChI=1S/C22H21F3N2O3/c1-11-5-17-21(19(25)20(11)26-18(28)8-13-3-4-13)30-12(2)22(29)27(17)10-14-6-15(23)9-16(24)7-14/h5-7,9,12-13H,3-4,8,10H2,1-2H3,(H,26,28). The number of carbonyl (C=O) groups excluding carboxylic acids is 2. The van der Waals surface area contributed by atoms with Crippen LogP contribution in [0.3, 0.4) is 0 Å². The number of nitrogens with one attached hydrogen (secondary N) is 1. The molecule has 158 valence electrons. The maximum atomic E-state index is 15.3. The summed E-state index contributed by atoms with van der Waals surface area (Å²) in [4.78, 5) is 26.1. The second-order valence-corrected chi connectivity index (χ2v) is 7.89. The predicted molar refractivity (Wildman–Crippen MR) is 105 cm³/mol. The smallest absolute Gasteiger partial charge is 0.268 e. The van der Waals surface area contributed by atoms with Crippen LogP contribution in [0.4, 0.5) is 24.5 Å². The number of benzene rings is 2. The molecule has 1 aliphatic heterocycles. The van der Waals surface area contributed by atoms with E-state index in [0.29, 0.717) is 17.9 Å². The van der Waals surface area contributed by atoms with Crippen LogP contribution in [0.25, 0.3) is 0 Å². The third kappa shape index (κ3) is 3.99. The number of hydrogen-bond acceptors (Lipinski definition) is 3. The molecular weight excluding hydrogens is 397 g/mol. The SMILES string of the molecule is Cc1cc2c(c(F)c1NC(=O)CC1CC1)OC(C)C(=O)N2Cc1cc(F)cc(F)c1. The molecule has 1 N–H and O–H groups in total. The molecule has 1 unspecified atom stereocenters. The van der Waals surface area contributed by atoms with Gasteiger partial charge in [0.15, 0.2) is 17.7 Å². The Kier molecular flexibility index (Phi) is 5.17. The van der Waals surface area contributed by atoms with Gasteiger partial charge in [-0.2, -0.15) is 0 Å². The Balaban J connectivity index is 1.69. The van der Waals surface area contributed by atoms with Gasteiger partial charge in [0.25, 0.3) is 5.91 Å². The molecule has 2 aromatic carbocycles. The lowest BCUT2D eigenvalue weighted by molar-refractivity contribution is -0.125. The number of halogens is 3. The second kappa shape index (κ2) is 7.66. The van der Waals surface area contributed by atoms with Gasteiger partial charge in [0.2, 0.25) is 5.91 Å². The fourth-order valence-corrected chi connectivity index (χ4v) is 3.60.